The first-order valence-electron chi connectivity index (χ1n) is 13.5. The second kappa shape index (κ2) is 11.8. The third-order valence-corrected chi connectivity index (χ3v) is 7.52. The molecule has 0 unspecified atom stereocenters. The molecule has 1 saturated heterocycles. The molecule has 5 nitrogen and oxygen atoms in total. The van der Waals surface area contributed by atoms with Crippen LogP contribution in [0.2, 0.25) is 5.02 Å². The van der Waals surface area contributed by atoms with Crippen molar-refractivity contribution in [1.29, 1.82) is 0 Å². The highest BCUT2D eigenvalue weighted by molar-refractivity contribution is 6.30. The van der Waals surface area contributed by atoms with Crippen LogP contribution in [-0.4, -0.2) is 32.1 Å². The zero-order chi connectivity index (χ0) is 27.3. The van der Waals surface area contributed by atoms with Gasteiger partial charge < -0.3 is 19.5 Å². The van der Waals surface area contributed by atoms with E-state index in [-0.39, 0.29) is 11.7 Å². The number of rotatable bonds is 7. The summed E-state index contributed by atoms with van der Waals surface area (Å²) >= 11 is 6.06. The van der Waals surface area contributed by atoms with Crippen molar-refractivity contribution in [2.24, 2.45) is 0 Å². The zero-order valence-electron chi connectivity index (χ0n) is 22.1. The minimum absolute atomic E-state index is 0.196. The Hall–Kier alpha value is -4.32. The summed E-state index contributed by atoms with van der Waals surface area (Å²) in [6, 6.07) is 37.8. The largest absolute Gasteiger partial charge is 0.451 e. The van der Waals surface area contributed by atoms with Gasteiger partial charge in [-0.1, -0.05) is 66.2 Å². The molecule has 1 amide bonds. The molecular formula is C34H30ClN3O2. The second-order valence-electron chi connectivity index (χ2n) is 9.84. The van der Waals surface area contributed by atoms with Gasteiger partial charge in [0, 0.05) is 48.1 Å². The number of hydrogen-bond acceptors (Lipinski definition) is 4. The van der Waals surface area contributed by atoms with Gasteiger partial charge >= 0.3 is 0 Å². The summed E-state index contributed by atoms with van der Waals surface area (Å²) in [4.78, 5) is 18.2. The Kier molecular flexibility index (Phi) is 7.67. The highest BCUT2D eigenvalue weighted by Crippen LogP contribution is 2.30. The molecule has 1 aromatic heterocycles. The Morgan fingerprint density at radius 2 is 1.48 bits per heavy atom. The molecule has 0 radical (unpaired) electrons. The van der Waals surface area contributed by atoms with E-state index in [1.54, 1.807) is 11.0 Å². The fraction of sp³-hybridized carbons (Fsp3) is 0.147. The van der Waals surface area contributed by atoms with Crippen LogP contribution in [0.15, 0.2) is 120 Å². The number of hydrogen-bond donors (Lipinski definition) is 1. The third-order valence-electron chi connectivity index (χ3n) is 7.26. The highest BCUT2D eigenvalue weighted by Gasteiger charge is 2.23. The van der Waals surface area contributed by atoms with Crippen LogP contribution in [0.5, 0.6) is 0 Å². The van der Waals surface area contributed by atoms with Gasteiger partial charge in [-0.25, -0.2) is 0 Å². The van der Waals surface area contributed by atoms with Gasteiger partial charge in [-0.2, -0.15) is 0 Å². The van der Waals surface area contributed by atoms with Crippen molar-refractivity contribution >= 4 is 28.9 Å². The molecule has 0 spiro atoms. The Balaban J connectivity index is 1.35. The van der Waals surface area contributed by atoms with E-state index in [1.165, 1.54) is 0 Å². The van der Waals surface area contributed by atoms with Crippen molar-refractivity contribution in [1.82, 2.24) is 5.32 Å². The van der Waals surface area contributed by atoms with Crippen LogP contribution in [0.3, 0.4) is 0 Å². The summed E-state index contributed by atoms with van der Waals surface area (Å²) in [5.74, 6) is 0.713. The number of benzene rings is 4. The highest BCUT2D eigenvalue weighted by atomic mass is 35.5. The van der Waals surface area contributed by atoms with E-state index in [0.29, 0.717) is 17.3 Å². The number of amides is 1. The SMILES string of the molecule is O=C(c1ccc(-c2ccc(Cl)cc2)o1)N(Cc1ccccc1-c1ccccc1)c1ccc(N2CCNCC2)cc1. The number of carbonyl (C=O) groups excluding carboxylic acids is 1. The van der Waals surface area contributed by atoms with Crippen LogP contribution < -0.4 is 15.1 Å². The zero-order valence-corrected chi connectivity index (χ0v) is 22.9. The summed E-state index contributed by atoms with van der Waals surface area (Å²) in [6.45, 7) is 4.26. The summed E-state index contributed by atoms with van der Waals surface area (Å²) in [5, 5.41) is 4.05. The van der Waals surface area contributed by atoms with Crippen LogP contribution in [0.1, 0.15) is 16.1 Å². The predicted octanol–water partition coefficient (Wildman–Crippen LogP) is 7.52. The van der Waals surface area contributed by atoms with Gasteiger partial charge in [-0.15, -0.1) is 0 Å². The molecular weight excluding hydrogens is 518 g/mol. The minimum Gasteiger partial charge on any atom is -0.451 e. The van der Waals surface area contributed by atoms with Gasteiger partial charge in [0.1, 0.15) is 5.76 Å². The van der Waals surface area contributed by atoms with E-state index in [9.17, 15) is 4.79 Å². The quantitative estimate of drug-likeness (QED) is 0.229. The molecule has 40 heavy (non-hydrogen) atoms. The first-order valence-corrected chi connectivity index (χ1v) is 13.9. The van der Waals surface area contributed by atoms with Crippen molar-refractivity contribution in [3.05, 3.63) is 132 Å². The van der Waals surface area contributed by atoms with E-state index in [4.69, 9.17) is 16.0 Å². The maximum Gasteiger partial charge on any atom is 0.294 e. The Labute approximate surface area is 239 Å². The lowest BCUT2D eigenvalue weighted by molar-refractivity contribution is 0.0959. The lowest BCUT2D eigenvalue weighted by Crippen LogP contribution is -2.43. The van der Waals surface area contributed by atoms with Crippen LogP contribution >= 0.6 is 11.6 Å². The first-order chi connectivity index (χ1) is 19.7. The molecule has 1 N–H and O–H groups in total. The molecule has 1 fully saturated rings. The Morgan fingerprint density at radius 1 is 0.775 bits per heavy atom. The lowest BCUT2D eigenvalue weighted by atomic mass is 9.99. The van der Waals surface area contributed by atoms with E-state index in [0.717, 1.165) is 59.8 Å². The number of nitrogens with one attached hydrogen (secondary N) is 1. The molecule has 1 aliphatic heterocycles. The van der Waals surface area contributed by atoms with Crippen molar-refractivity contribution < 1.29 is 9.21 Å². The second-order valence-corrected chi connectivity index (χ2v) is 10.3. The lowest BCUT2D eigenvalue weighted by Gasteiger charge is -2.30. The molecule has 4 aromatic carbocycles. The number of halogens is 1. The van der Waals surface area contributed by atoms with Gasteiger partial charge in [0.05, 0.1) is 6.54 Å². The molecule has 6 heteroatoms. The molecule has 200 valence electrons. The van der Waals surface area contributed by atoms with Gasteiger partial charge in [0.15, 0.2) is 5.76 Å². The fourth-order valence-corrected chi connectivity index (χ4v) is 5.26. The molecule has 6 rings (SSSR count). The van der Waals surface area contributed by atoms with Gasteiger partial charge in [-0.3, -0.25) is 4.79 Å². The van der Waals surface area contributed by atoms with Crippen LogP contribution in [-0.2, 0) is 6.54 Å². The molecule has 0 saturated carbocycles. The Morgan fingerprint density at radius 3 is 2.23 bits per heavy atom. The average molecular weight is 548 g/mol. The van der Waals surface area contributed by atoms with Crippen molar-refractivity contribution in [2.45, 2.75) is 6.54 Å². The summed E-state index contributed by atoms with van der Waals surface area (Å²) in [5.41, 5.74) is 6.10. The van der Waals surface area contributed by atoms with E-state index >= 15 is 0 Å². The van der Waals surface area contributed by atoms with E-state index < -0.39 is 0 Å². The van der Waals surface area contributed by atoms with Gasteiger partial charge in [0.2, 0.25) is 0 Å². The standard InChI is InChI=1S/C34H30ClN3O2/c35-28-12-10-26(11-13-28)32-18-19-33(40-32)34(39)38(30-16-14-29(15-17-30)37-22-20-36-21-23-37)24-27-8-4-5-9-31(27)25-6-2-1-3-7-25/h1-19,36H,20-24H2. The summed E-state index contributed by atoms with van der Waals surface area (Å²) in [6.07, 6.45) is 0. The van der Waals surface area contributed by atoms with Crippen molar-refractivity contribution in [3.8, 4) is 22.5 Å². The number of carbonyl (C=O) groups is 1. The third kappa shape index (κ3) is 5.67. The minimum atomic E-state index is -0.196. The summed E-state index contributed by atoms with van der Waals surface area (Å²) in [7, 11) is 0. The maximum absolute atomic E-state index is 14.1. The Bertz CT molecular complexity index is 1570. The van der Waals surface area contributed by atoms with E-state index in [2.05, 4.69) is 46.6 Å². The normalized spacial score (nSPS) is 13.3. The fourth-order valence-electron chi connectivity index (χ4n) is 5.13. The molecule has 0 bridgehead atoms. The first kappa shape index (κ1) is 25.9. The predicted molar refractivity (Wildman–Crippen MR) is 163 cm³/mol. The van der Waals surface area contributed by atoms with Crippen LogP contribution in [0.25, 0.3) is 22.5 Å². The molecule has 1 aliphatic rings. The number of furan rings is 1. The maximum atomic E-state index is 14.1. The van der Waals surface area contributed by atoms with Crippen LogP contribution in [0, 0.1) is 0 Å². The smallest absolute Gasteiger partial charge is 0.294 e. The summed E-state index contributed by atoms with van der Waals surface area (Å²) < 4.78 is 6.10. The molecule has 2 heterocycles. The monoisotopic (exact) mass is 547 g/mol. The van der Waals surface area contributed by atoms with E-state index in [1.807, 2.05) is 72.8 Å². The van der Waals surface area contributed by atoms with Crippen molar-refractivity contribution in [2.75, 3.05) is 36.0 Å². The van der Waals surface area contributed by atoms with Gasteiger partial charge in [-0.05, 0) is 77.4 Å². The van der Waals surface area contributed by atoms with Crippen molar-refractivity contribution in [3.63, 3.8) is 0 Å². The molecule has 0 aliphatic carbocycles. The number of anilines is 2. The number of nitrogens with zero attached hydrogens (tertiary/aromatic N) is 2. The number of piperazine rings is 1. The molecule has 0 atom stereocenters. The molecule has 5 aromatic rings. The van der Waals surface area contributed by atoms with Crippen LogP contribution in [0.4, 0.5) is 11.4 Å². The topological polar surface area (TPSA) is 48.7 Å². The van der Waals surface area contributed by atoms with Gasteiger partial charge in [0.25, 0.3) is 5.91 Å². The average Bonchev–Trinajstić information content (AvgIpc) is 3.52.